The first-order valence-electron chi connectivity index (χ1n) is 6.94. The van der Waals surface area contributed by atoms with Crippen LogP contribution in [-0.2, 0) is 4.79 Å². The molecule has 2 heterocycles. The Morgan fingerprint density at radius 3 is 2.61 bits per heavy atom. The summed E-state index contributed by atoms with van der Waals surface area (Å²) < 4.78 is 5.65. The summed E-state index contributed by atoms with van der Waals surface area (Å²) >= 11 is 6.64. The van der Waals surface area contributed by atoms with Gasteiger partial charge in [-0.3, -0.25) is 14.7 Å². The molecule has 0 atom stereocenters. The molecule has 6 heteroatoms. The third-order valence-corrected chi connectivity index (χ3v) is 4.62. The van der Waals surface area contributed by atoms with E-state index in [-0.39, 0.29) is 5.91 Å². The number of amides is 1. The van der Waals surface area contributed by atoms with Gasteiger partial charge in [-0.2, -0.15) is 0 Å². The van der Waals surface area contributed by atoms with Gasteiger partial charge in [0.2, 0.25) is 0 Å². The first kappa shape index (κ1) is 15.7. The molecule has 1 amide bonds. The number of thiocarbonyl (C=S) groups is 1. The highest BCUT2D eigenvalue weighted by Crippen LogP contribution is 2.36. The lowest BCUT2D eigenvalue weighted by Gasteiger charge is -2.14. The van der Waals surface area contributed by atoms with Crippen molar-refractivity contribution in [2.24, 2.45) is 0 Å². The van der Waals surface area contributed by atoms with Gasteiger partial charge in [0.25, 0.3) is 5.91 Å². The molecule has 23 heavy (non-hydrogen) atoms. The highest BCUT2D eigenvalue weighted by atomic mass is 32.2. The second-order valence-corrected chi connectivity index (χ2v) is 6.59. The SMILES string of the molecule is COc1ccc(N2C(=O)/C(=C\c3cccc(C)n3)SC2=S)cc1. The second kappa shape index (κ2) is 6.52. The van der Waals surface area contributed by atoms with E-state index >= 15 is 0 Å². The monoisotopic (exact) mass is 342 g/mol. The average Bonchev–Trinajstić information content (AvgIpc) is 2.81. The number of pyridine rings is 1. The number of ether oxygens (including phenoxy) is 1. The maximum atomic E-state index is 12.7. The van der Waals surface area contributed by atoms with Crippen molar-refractivity contribution in [3.8, 4) is 5.75 Å². The normalized spacial score (nSPS) is 16.3. The first-order chi connectivity index (χ1) is 11.1. The van der Waals surface area contributed by atoms with Gasteiger partial charge in [0, 0.05) is 5.69 Å². The molecular weight excluding hydrogens is 328 g/mol. The van der Waals surface area contributed by atoms with Crippen molar-refractivity contribution in [1.82, 2.24) is 4.98 Å². The van der Waals surface area contributed by atoms with Crippen LogP contribution in [0.2, 0.25) is 0 Å². The fraction of sp³-hybridized carbons (Fsp3) is 0.118. The summed E-state index contributed by atoms with van der Waals surface area (Å²) in [5.41, 5.74) is 2.39. The van der Waals surface area contributed by atoms with Crippen molar-refractivity contribution in [2.75, 3.05) is 12.0 Å². The number of carbonyl (C=O) groups is 1. The van der Waals surface area contributed by atoms with E-state index in [2.05, 4.69) is 4.98 Å². The number of nitrogens with zero attached hydrogens (tertiary/aromatic N) is 2. The van der Waals surface area contributed by atoms with E-state index in [0.717, 1.165) is 22.8 Å². The van der Waals surface area contributed by atoms with E-state index in [4.69, 9.17) is 17.0 Å². The lowest BCUT2D eigenvalue weighted by atomic mass is 10.2. The zero-order chi connectivity index (χ0) is 16.4. The minimum Gasteiger partial charge on any atom is -0.497 e. The molecule has 4 nitrogen and oxygen atoms in total. The predicted molar refractivity (Wildman–Crippen MR) is 97.6 cm³/mol. The van der Waals surface area contributed by atoms with Gasteiger partial charge in [0.15, 0.2) is 4.32 Å². The number of hydrogen-bond donors (Lipinski definition) is 0. The summed E-state index contributed by atoms with van der Waals surface area (Å²) in [6, 6.07) is 12.9. The molecule has 0 unspecified atom stereocenters. The number of anilines is 1. The van der Waals surface area contributed by atoms with Crippen molar-refractivity contribution in [3.63, 3.8) is 0 Å². The van der Waals surface area contributed by atoms with E-state index in [9.17, 15) is 4.79 Å². The molecule has 116 valence electrons. The van der Waals surface area contributed by atoms with Gasteiger partial charge in [0.05, 0.1) is 23.4 Å². The zero-order valence-electron chi connectivity index (χ0n) is 12.6. The molecule has 1 aliphatic rings. The molecule has 1 aromatic heterocycles. The Morgan fingerprint density at radius 2 is 1.96 bits per heavy atom. The number of thioether (sulfide) groups is 1. The van der Waals surface area contributed by atoms with Crippen molar-refractivity contribution in [1.29, 1.82) is 0 Å². The van der Waals surface area contributed by atoms with Crippen molar-refractivity contribution in [3.05, 3.63) is 58.8 Å². The minimum atomic E-state index is -0.131. The Labute approximate surface area is 144 Å². The van der Waals surface area contributed by atoms with Gasteiger partial charge < -0.3 is 4.74 Å². The van der Waals surface area contributed by atoms with Crippen LogP contribution in [0, 0.1) is 6.92 Å². The van der Waals surface area contributed by atoms with Crippen LogP contribution in [0.1, 0.15) is 11.4 Å². The fourth-order valence-corrected chi connectivity index (χ4v) is 3.48. The Bertz CT molecular complexity index is 800. The summed E-state index contributed by atoms with van der Waals surface area (Å²) in [5, 5.41) is 0. The molecule has 0 bridgehead atoms. The van der Waals surface area contributed by atoms with Crippen LogP contribution in [-0.4, -0.2) is 22.3 Å². The molecule has 0 radical (unpaired) electrons. The lowest BCUT2D eigenvalue weighted by molar-refractivity contribution is -0.113. The number of aromatic nitrogens is 1. The van der Waals surface area contributed by atoms with Crippen LogP contribution in [0.3, 0.4) is 0 Å². The fourth-order valence-electron chi connectivity index (χ4n) is 2.20. The third-order valence-electron chi connectivity index (χ3n) is 3.31. The highest BCUT2D eigenvalue weighted by molar-refractivity contribution is 8.27. The van der Waals surface area contributed by atoms with Crippen LogP contribution in [0.5, 0.6) is 5.75 Å². The summed E-state index contributed by atoms with van der Waals surface area (Å²) in [6.07, 6.45) is 1.77. The molecule has 0 spiro atoms. The number of rotatable bonds is 3. The van der Waals surface area contributed by atoms with Crippen LogP contribution >= 0.6 is 24.0 Å². The summed E-state index contributed by atoms with van der Waals surface area (Å²) in [4.78, 5) is 19.1. The van der Waals surface area contributed by atoms with Gasteiger partial charge in [-0.15, -0.1) is 0 Å². The maximum Gasteiger partial charge on any atom is 0.270 e. The second-order valence-electron chi connectivity index (χ2n) is 4.92. The van der Waals surface area contributed by atoms with Crippen LogP contribution in [0.15, 0.2) is 47.4 Å². The Balaban J connectivity index is 1.90. The van der Waals surface area contributed by atoms with Gasteiger partial charge >= 0.3 is 0 Å². The van der Waals surface area contributed by atoms with Crippen molar-refractivity contribution >= 4 is 46.0 Å². The summed E-state index contributed by atoms with van der Waals surface area (Å²) in [5.74, 6) is 0.604. The first-order valence-corrected chi connectivity index (χ1v) is 8.16. The Morgan fingerprint density at radius 1 is 1.22 bits per heavy atom. The Hall–Kier alpha value is -2.18. The topological polar surface area (TPSA) is 42.4 Å². The summed E-state index contributed by atoms with van der Waals surface area (Å²) in [7, 11) is 1.60. The quantitative estimate of drug-likeness (QED) is 0.627. The molecule has 1 fully saturated rings. The van der Waals surface area contributed by atoms with Crippen LogP contribution in [0.25, 0.3) is 6.08 Å². The number of carbonyl (C=O) groups excluding carboxylic acids is 1. The van der Waals surface area contributed by atoms with Crippen molar-refractivity contribution < 1.29 is 9.53 Å². The van der Waals surface area contributed by atoms with Crippen LogP contribution in [0.4, 0.5) is 5.69 Å². The molecule has 2 aromatic rings. The van der Waals surface area contributed by atoms with E-state index in [1.54, 1.807) is 25.3 Å². The molecule has 1 aromatic carbocycles. The molecule has 0 N–H and O–H groups in total. The number of benzene rings is 1. The molecular formula is C17H14N2O2S2. The largest absolute Gasteiger partial charge is 0.497 e. The molecule has 0 saturated carbocycles. The van der Waals surface area contributed by atoms with Gasteiger partial charge in [-0.05, 0) is 49.4 Å². The standard InChI is InChI=1S/C17H14N2O2S2/c1-11-4-3-5-12(18-11)10-15-16(20)19(17(22)23-15)13-6-8-14(21-2)9-7-13/h3-10H,1-2H3/b15-10+. The molecule has 1 saturated heterocycles. The smallest absolute Gasteiger partial charge is 0.270 e. The molecule has 0 aliphatic carbocycles. The van der Waals surface area contributed by atoms with E-state index in [1.165, 1.54) is 16.7 Å². The van der Waals surface area contributed by atoms with E-state index in [1.807, 2.05) is 37.3 Å². The number of hydrogen-bond acceptors (Lipinski definition) is 5. The van der Waals surface area contributed by atoms with Crippen LogP contribution < -0.4 is 9.64 Å². The Kier molecular flexibility index (Phi) is 4.45. The van der Waals surface area contributed by atoms with E-state index < -0.39 is 0 Å². The van der Waals surface area contributed by atoms with Crippen molar-refractivity contribution in [2.45, 2.75) is 6.92 Å². The molecule has 1 aliphatic heterocycles. The highest BCUT2D eigenvalue weighted by Gasteiger charge is 2.33. The summed E-state index contributed by atoms with van der Waals surface area (Å²) in [6.45, 7) is 1.92. The molecule has 3 rings (SSSR count). The zero-order valence-corrected chi connectivity index (χ0v) is 14.3. The predicted octanol–water partition coefficient (Wildman–Crippen LogP) is 3.80. The average molecular weight is 342 g/mol. The third kappa shape index (κ3) is 3.28. The number of aryl methyl sites for hydroxylation is 1. The van der Waals surface area contributed by atoms with E-state index in [0.29, 0.717) is 9.23 Å². The van der Waals surface area contributed by atoms with Gasteiger partial charge in [-0.25, -0.2) is 0 Å². The lowest BCUT2D eigenvalue weighted by Crippen LogP contribution is -2.27. The number of methoxy groups -OCH3 is 1. The van der Waals surface area contributed by atoms with Gasteiger partial charge in [0.1, 0.15) is 5.75 Å². The van der Waals surface area contributed by atoms with Gasteiger partial charge in [-0.1, -0.05) is 30.0 Å². The minimum absolute atomic E-state index is 0.131. The maximum absolute atomic E-state index is 12.7.